The molecule has 0 radical (unpaired) electrons. The van der Waals surface area contributed by atoms with E-state index in [0.29, 0.717) is 13.2 Å². The lowest BCUT2D eigenvalue weighted by molar-refractivity contribution is 0.137. The van der Waals surface area contributed by atoms with E-state index < -0.39 is 0 Å². The molecule has 0 bridgehead atoms. The van der Waals surface area contributed by atoms with Gasteiger partial charge in [-0.05, 0) is 24.3 Å². The molecule has 26 heavy (non-hydrogen) atoms. The highest BCUT2D eigenvalue weighted by atomic mass is 32.1. The number of benzene rings is 2. The zero-order chi connectivity index (χ0) is 17.3. The molecule has 2 aliphatic heterocycles. The van der Waals surface area contributed by atoms with Gasteiger partial charge in [0.2, 0.25) is 0 Å². The van der Waals surface area contributed by atoms with E-state index in [1.165, 1.54) is 4.70 Å². The standard InChI is InChI=1S/C20H20N2O3S/c1-2-4-18-16(3-1)22-20(26-18)13-9-14-11-21-6-8-24-19(14)17(10-13)25-15-5-7-23-12-15/h1-4,9-10,15,21H,5-8,11-12H2. The molecule has 3 aromatic rings. The Morgan fingerprint density at radius 1 is 1.19 bits per heavy atom. The van der Waals surface area contributed by atoms with Gasteiger partial charge in [-0.1, -0.05) is 12.1 Å². The third kappa shape index (κ3) is 3.05. The van der Waals surface area contributed by atoms with Crippen molar-refractivity contribution in [3.8, 4) is 22.1 Å². The molecule has 1 saturated heterocycles. The van der Waals surface area contributed by atoms with Crippen LogP contribution in [0.4, 0.5) is 0 Å². The van der Waals surface area contributed by atoms with Crippen LogP contribution in [0.3, 0.4) is 0 Å². The van der Waals surface area contributed by atoms with Crippen LogP contribution in [0.1, 0.15) is 12.0 Å². The van der Waals surface area contributed by atoms with Crippen LogP contribution in [-0.4, -0.2) is 37.5 Å². The number of ether oxygens (including phenoxy) is 3. The molecule has 1 N–H and O–H groups in total. The molecule has 1 aromatic heterocycles. The highest BCUT2D eigenvalue weighted by molar-refractivity contribution is 7.21. The fourth-order valence-corrected chi connectivity index (χ4v) is 4.35. The zero-order valence-electron chi connectivity index (χ0n) is 14.4. The van der Waals surface area contributed by atoms with Crippen molar-refractivity contribution in [2.24, 2.45) is 0 Å². The summed E-state index contributed by atoms with van der Waals surface area (Å²) in [6.07, 6.45) is 1.00. The van der Waals surface area contributed by atoms with Crippen molar-refractivity contribution in [2.75, 3.05) is 26.4 Å². The first-order valence-corrected chi connectivity index (χ1v) is 9.79. The Balaban J connectivity index is 1.59. The summed E-state index contributed by atoms with van der Waals surface area (Å²) in [6.45, 7) is 3.64. The fraction of sp³-hybridized carbons (Fsp3) is 0.350. The lowest BCUT2D eigenvalue weighted by atomic mass is 10.1. The third-order valence-electron chi connectivity index (χ3n) is 4.69. The number of para-hydroxylation sites is 1. The molecule has 1 unspecified atom stereocenters. The highest BCUT2D eigenvalue weighted by Crippen LogP contribution is 2.40. The Bertz CT molecular complexity index is 901. The molecule has 0 saturated carbocycles. The monoisotopic (exact) mass is 368 g/mol. The second kappa shape index (κ2) is 6.87. The summed E-state index contributed by atoms with van der Waals surface area (Å²) in [4.78, 5) is 4.81. The molecule has 6 heteroatoms. The Hall–Kier alpha value is -2.15. The Morgan fingerprint density at radius 2 is 2.15 bits per heavy atom. The minimum absolute atomic E-state index is 0.0875. The first kappa shape index (κ1) is 16.1. The summed E-state index contributed by atoms with van der Waals surface area (Å²) < 4.78 is 18.9. The molecule has 0 amide bonds. The van der Waals surface area contributed by atoms with E-state index in [9.17, 15) is 0 Å². The zero-order valence-corrected chi connectivity index (χ0v) is 15.2. The van der Waals surface area contributed by atoms with Crippen LogP contribution in [0, 0.1) is 0 Å². The van der Waals surface area contributed by atoms with Gasteiger partial charge in [0.1, 0.15) is 17.7 Å². The number of nitrogens with one attached hydrogen (secondary N) is 1. The smallest absolute Gasteiger partial charge is 0.165 e. The molecular formula is C20H20N2O3S. The highest BCUT2D eigenvalue weighted by Gasteiger charge is 2.23. The molecule has 2 aliphatic rings. The summed E-state index contributed by atoms with van der Waals surface area (Å²) >= 11 is 1.71. The minimum atomic E-state index is 0.0875. The van der Waals surface area contributed by atoms with Crippen molar-refractivity contribution >= 4 is 21.6 Å². The first-order chi connectivity index (χ1) is 12.9. The van der Waals surface area contributed by atoms with Gasteiger partial charge < -0.3 is 19.5 Å². The van der Waals surface area contributed by atoms with Crippen LogP contribution < -0.4 is 14.8 Å². The molecule has 5 rings (SSSR count). The van der Waals surface area contributed by atoms with Gasteiger partial charge in [-0.25, -0.2) is 4.98 Å². The summed E-state index contributed by atoms with van der Waals surface area (Å²) in [5.41, 5.74) is 3.22. The van der Waals surface area contributed by atoms with E-state index in [1.807, 2.05) is 12.1 Å². The van der Waals surface area contributed by atoms with Crippen LogP contribution >= 0.6 is 11.3 Å². The average molecular weight is 368 g/mol. The second-order valence-electron chi connectivity index (χ2n) is 6.58. The van der Waals surface area contributed by atoms with Gasteiger partial charge >= 0.3 is 0 Å². The van der Waals surface area contributed by atoms with Crippen LogP contribution in [0.25, 0.3) is 20.8 Å². The maximum Gasteiger partial charge on any atom is 0.165 e. The number of hydrogen-bond donors (Lipinski definition) is 1. The van der Waals surface area contributed by atoms with E-state index in [4.69, 9.17) is 19.2 Å². The number of aromatic nitrogens is 1. The molecular weight excluding hydrogens is 348 g/mol. The van der Waals surface area contributed by atoms with Crippen molar-refractivity contribution in [3.05, 3.63) is 42.0 Å². The number of thiazole rings is 1. The molecule has 1 fully saturated rings. The van der Waals surface area contributed by atoms with Crippen LogP contribution in [0.2, 0.25) is 0 Å². The molecule has 134 valence electrons. The van der Waals surface area contributed by atoms with Crippen molar-refractivity contribution in [1.29, 1.82) is 0 Å². The van der Waals surface area contributed by atoms with Gasteiger partial charge in [0, 0.05) is 30.6 Å². The maximum atomic E-state index is 6.26. The number of nitrogens with zero attached hydrogens (tertiary/aromatic N) is 1. The predicted molar refractivity (Wildman–Crippen MR) is 102 cm³/mol. The Kier molecular flexibility index (Phi) is 4.24. The molecule has 2 aromatic carbocycles. The third-order valence-corrected chi connectivity index (χ3v) is 5.78. The van der Waals surface area contributed by atoms with Gasteiger partial charge in [0.05, 0.1) is 23.4 Å². The van der Waals surface area contributed by atoms with Gasteiger partial charge in [0.15, 0.2) is 11.5 Å². The number of hydrogen-bond acceptors (Lipinski definition) is 6. The van der Waals surface area contributed by atoms with Crippen LogP contribution in [0.15, 0.2) is 36.4 Å². The Morgan fingerprint density at radius 3 is 3.04 bits per heavy atom. The summed E-state index contributed by atoms with van der Waals surface area (Å²) in [5.74, 6) is 1.66. The lowest BCUT2D eigenvalue weighted by Crippen LogP contribution is -2.17. The summed E-state index contributed by atoms with van der Waals surface area (Å²) in [5, 5.41) is 4.41. The molecule has 5 nitrogen and oxygen atoms in total. The summed E-state index contributed by atoms with van der Waals surface area (Å²) in [7, 11) is 0. The van der Waals surface area contributed by atoms with Gasteiger partial charge in [-0.3, -0.25) is 0 Å². The number of fused-ring (bicyclic) bond motifs is 2. The topological polar surface area (TPSA) is 52.6 Å². The van der Waals surface area contributed by atoms with E-state index in [0.717, 1.165) is 59.3 Å². The fourth-order valence-electron chi connectivity index (χ4n) is 3.40. The van der Waals surface area contributed by atoms with Crippen molar-refractivity contribution < 1.29 is 14.2 Å². The van der Waals surface area contributed by atoms with E-state index in [2.05, 4.69) is 29.6 Å². The molecule has 0 spiro atoms. The average Bonchev–Trinajstić information content (AvgIpc) is 3.26. The number of rotatable bonds is 3. The summed E-state index contributed by atoms with van der Waals surface area (Å²) in [6, 6.07) is 12.5. The SMILES string of the molecule is c1ccc2sc(-c3cc4c(c(OC5CCOC5)c3)OCCNC4)nc2c1. The van der Waals surface area contributed by atoms with Crippen molar-refractivity contribution in [1.82, 2.24) is 10.3 Å². The molecule has 3 heterocycles. The largest absolute Gasteiger partial charge is 0.488 e. The van der Waals surface area contributed by atoms with Crippen molar-refractivity contribution in [3.63, 3.8) is 0 Å². The van der Waals surface area contributed by atoms with Crippen LogP contribution in [-0.2, 0) is 11.3 Å². The normalized spacial score (nSPS) is 19.8. The van der Waals surface area contributed by atoms with Gasteiger partial charge in [0.25, 0.3) is 0 Å². The first-order valence-electron chi connectivity index (χ1n) is 8.97. The molecule has 1 atom stereocenters. The van der Waals surface area contributed by atoms with Gasteiger partial charge in [-0.15, -0.1) is 11.3 Å². The van der Waals surface area contributed by atoms with Crippen molar-refractivity contribution in [2.45, 2.75) is 19.1 Å². The van der Waals surface area contributed by atoms with E-state index in [1.54, 1.807) is 11.3 Å². The minimum Gasteiger partial charge on any atom is -0.488 e. The van der Waals surface area contributed by atoms with Gasteiger partial charge in [-0.2, -0.15) is 0 Å². The second-order valence-corrected chi connectivity index (χ2v) is 7.61. The quantitative estimate of drug-likeness (QED) is 0.765. The molecule has 0 aliphatic carbocycles. The van der Waals surface area contributed by atoms with E-state index in [-0.39, 0.29) is 6.10 Å². The Labute approximate surface area is 155 Å². The predicted octanol–water partition coefficient (Wildman–Crippen LogP) is 3.61. The maximum absolute atomic E-state index is 6.26. The van der Waals surface area contributed by atoms with Crippen LogP contribution in [0.5, 0.6) is 11.5 Å². The lowest BCUT2D eigenvalue weighted by Gasteiger charge is -2.18. The van der Waals surface area contributed by atoms with E-state index >= 15 is 0 Å².